The molecule has 0 unspecified atom stereocenters. The van der Waals surface area contributed by atoms with Crippen molar-refractivity contribution < 1.29 is 18.0 Å². The Morgan fingerprint density at radius 1 is 1.11 bits per heavy atom. The number of aryl methyl sites for hydroxylation is 2. The van der Waals surface area contributed by atoms with E-state index in [0.717, 1.165) is 28.3 Å². The van der Waals surface area contributed by atoms with Crippen LogP contribution < -0.4 is 5.32 Å². The highest BCUT2D eigenvalue weighted by molar-refractivity contribution is 7.15. The molecule has 27 heavy (non-hydrogen) atoms. The maximum absolute atomic E-state index is 12.6. The number of aromatic nitrogens is 2. The van der Waals surface area contributed by atoms with E-state index in [9.17, 15) is 18.0 Å². The van der Waals surface area contributed by atoms with Gasteiger partial charge in [-0.25, -0.2) is 4.98 Å². The maximum atomic E-state index is 12.6. The number of alkyl halides is 3. The molecule has 3 aromatic rings. The summed E-state index contributed by atoms with van der Waals surface area (Å²) in [6.45, 7) is 3.61. The Hall–Kier alpha value is -2.74. The van der Waals surface area contributed by atoms with Crippen molar-refractivity contribution in [3.63, 3.8) is 0 Å². The monoisotopic (exact) mass is 391 g/mol. The van der Waals surface area contributed by atoms with Crippen LogP contribution in [0.4, 0.5) is 18.3 Å². The summed E-state index contributed by atoms with van der Waals surface area (Å²) in [5, 5.41) is 3.17. The van der Waals surface area contributed by atoms with Gasteiger partial charge in [0.1, 0.15) is 0 Å². The normalized spacial score (nSPS) is 11.4. The van der Waals surface area contributed by atoms with Gasteiger partial charge in [0.15, 0.2) is 5.13 Å². The van der Waals surface area contributed by atoms with E-state index in [1.807, 2.05) is 6.92 Å². The third-order valence-electron chi connectivity index (χ3n) is 3.90. The van der Waals surface area contributed by atoms with E-state index < -0.39 is 11.7 Å². The SMILES string of the molecule is Cc1ccc(C(=O)Nc2ncc(Cc3ccc(C(F)(F)F)cc3)s2)c(C)n1. The number of pyridine rings is 1. The Morgan fingerprint density at radius 2 is 1.81 bits per heavy atom. The van der Waals surface area contributed by atoms with E-state index in [4.69, 9.17) is 0 Å². The predicted octanol–water partition coefficient (Wildman–Crippen LogP) is 5.02. The van der Waals surface area contributed by atoms with Crippen LogP contribution >= 0.6 is 11.3 Å². The second-order valence-corrected chi connectivity index (χ2v) is 7.16. The molecule has 0 aliphatic carbocycles. The van der Waals surface area contributed by atoms with Crippen molar-refractivity contribution in [2.75, 3.05) is 5.32 Å². The molecule has 1 amide bonds. The Labute approximate surface area is 158 Å². The van der Waals surface area contributed by atoms with Crippen molar-refractivity contribution in [1.82, 2.24) is 9.97 Å². The molecule has 3 rings (SSSR count). The van der Waals surface area contributed by atoms with E-state index in [1.54, 1.807) is 25.3 Å². The van der Waals surface area contributed by atoms with E-state index in [2.05, 4.69) is 15.3 Å². The van der Waals surface area contributed by atoms with Gasteiger partial charge in [0, 0.05) is 23.2 Å². The van der Waals surface area contributed by atoms with Crippen LogP contribution in [0.15, 0.2) is 42.6 Å². The van der Waals surface area contributed by atoms with E-state index >= 15 is 0 Å². The standard InChI is InChI=1S/C19H16F3N3OS/c1-11-3-8-16(12(2)24-11)17(26)25-18-23-10-15(27-18)9-13-4-6-14(7-5-13)19(20,21)22/h3-8,10H,9H2,1-2H3,(H,23,25,26). The molecule has 0 saturated carbocycles. The maximum Gasteiger partial charge on any atom is 0.416 e. The highest BCUT2D eigenvalue weighted by Gasteiger charge is 2.29. The average Bonchev–Trinajstić information content (AvgIpc) is 3.01. The molecule has 0 radical (unpaired) electrons. The van der Waals surface area contributed by atoms with Crippen molar-refractivity contribution >= 4 is 22.4 Å². The van der Waals surface area contributed by atoms with Gasteiger partial charge < -0.3 is 0 Å². The molecule has 0 aliphatic rings. The lowest BCUT2D eigenvalue weighted by molar-refractivity contribution is -0.137. The first kappa shape index (κ1) is 19.0. The van der Waals surface area contributed by atoms with Crippen molar-refractivity contribution in [2.45, 2.75) is 26.4 Å². The fraction of sp³-hybridized carbons (Fsp3) is 0.211. The molecule has 0 saturated heterocycles. The van der Waals surface area contributed by atoms with Gasteiger partial charge in [-0.05, 0) is 43.7 Å². The molecule has 1 N–H and O–H groups in total. The summed E-state index contributed by atoms with van der Waals surface area (Å²) in [4.78, 5) is 21.6. The lowest BCUT2D eigenvalue weighted by Gasteiger charge is -2.07. The minimum absolute atomic E-state index is 0.296. The number of nitrogens with zero attached hydrogens (tertiary/aromatic N) is 2. The van der Waals surface area contributed by atoms with Crippen molar-refractivity contribution in [1.29, 1.82) is 0 Å². The number of benzene rings is 1. The van der Waals surface area contributed by atoms with Gasteiger partial charge in [-0.1, -0.05) is 12.1 Å². The van der Waals surface area contributed by atoms with Crippen LogP contribution in [0.3, 0.4) is 0 Å². The van der Waals surface area contributed by atoms with Crippen LogP contribution in [0.25, 0.3) is 0 Å². The van der Waals surface area contributed by atoms with Crippen LogP contribution in [0.5, 0.6) is 0 Å². The van der Waals surface area contributed by atoms with Gasteiger partial charge in [-0.3, -0.25) is 15.1 Å². The second-order valence-electron chi connectivity index (χ2n) is 6.04. The first-order valence-electron chi connectivity index (χ1n) is 8.09. The van der Waals surface area contributed by atoms with Gasteiger partial charge >= 0.3 is 6.18 Å². The largest absolute Gasteiger partial charge is 0.416 e. The molecular weight excluding hydrogens is 375 g/mol. The second kappa shape index (κ2) is 7.48. The summed E-state index contributed by atoms with van der Waals surface area (Å²) in [6, 6.07) is 8.49. The van der Waals surface area contributed by atoms with Crippen LogP contribution in [0.1, 0.15) is 37.7 Å². The van der Waals surface area contributed by atoms with E-state index in [-0.39, 0.29) is 5.91 Å². The molecule has 0 spiro atoms. The molecule has 0 atom stereocenters. The quantitative estimate of drug-likeness (QED) is 0.680. The number of carbonyl (C=O) groups excluding carboxylic acids is 1. The molecule has 2 aromatic heterocycles. The summed E-state index contributed by atoms with van der Waals surface area (Å²) in [7, 11) is 0. The third-order valence-corrected chi connectivity index (χ3v) is 4.82. The smallest absolute Gasteiger partial charge is 0.298 e. The third kappa shape index (κ3) is 4.71. The van der Waals surface area contributed by atoms with Crippen molar-refractivity contribution in [2.24, 2.45) is 0 Å². The molecule has 1 aromatic carbocycles. The summed E-state index contributed by atoms with van der Waals surface area (Å²) in [6.07, 6.45) is -2.29. The summed E-state index contributed by atoms with van der Waals surface area (Å²) < 4.78 is 37.8. The number of hydrogen-bond acceptors (Lipinski definition) is 4. The molecule has 4 nitrogen and oxygen atoms in total. The molecule has 0 fully saturated rings. The summed E-state index contributed by atoms with van der Waals surface area (Å²) in [5.74, 6) is -0.296. The van der Waals surface area contributed by atoms with Crippen molar-refractivity contribution in [3.8, 4) is 0 Å². The van der Waals surface area contributed by atoms with Crippen molar-refractivity contribution in [3.05, 3.63) is 75.6 Å². The molecular formula is C19H16F3N3OS. The summed E-state index contributed by atoms with van der Waals surface area (Å²) >= 11 is 1.28. The van der Waals surface area contributed by atoms with Crippen LogP contribution in [-0.4, -0.2) is 15.9 Å². The zero-order chi connectivity index (χ0) is 19.6. The van der Waals surface area contributed by atoms with E-state index in [0.29, 0.717) is 22.8 Å². The fourth-order valence-electron chi connectivity index (χ4n) is 2.55. The molecule has 8 heteroatoms. The zero-order valence-corrected chi connectivity index (χ0v) is 15.4. The summed E-state index contributed by atoms with van der Waals surface area (Å²) in [5.41, 5.74) is 2.00. The Kier molecular flexibility index (Phi) is 5.27. The van der Waals surface area contributed by atoms with Gasteiger partial charge in [0.05, 0.1) is 16.8 Å². The number of carbonyl (C=O) groups is 1. The highest BCUT2D eigenvalue weighted by atomic mass is 32.1. The lowest BCUT2D eigenvalue weighted by Crippen LogP contribution is -2.14. The van der Waals surface area contributed by atoms with E-state index in [1.165, 1.54) is 23.5 Å². The fourth-order valence-corrected chi connectivity index (χ4v) is 3.39. The molecule has 0 aliphatic heterocycles. The van der Waals surface area contributed by atoms with Crippen LogP contribution in [-0.2, 0) is 12.6 Å². The number of hydrogen-bond donors (Lipinski definition) is 1. The number of thiazole rings is 1. The topological polar surface area (TPSA) is 54.9 Å². The van der Waals surface area contributed by atoms with Gasteiger partial charge in [0.25, 0.3) is 5.91 Å². The number of halogens is 3. The van der Waals surface area contributed by atoms with Crippen LogP contribution in [0.2, 0.25) is 0 Å². The Bertz CT molecular complexity index is 965. The van der Waals surface area contributed by atoms with Gasteiger partial charge in [-0.2, -0.15) is 13.2 Å². The number of nitrogens with one attached hydrogen (secondary N) is 1. The van der Waals surface area contributed by atoms with Crippen LogP contribution in [0, 0.1) is 13.8 Å². The lowest BCUT2D eigenvalue weighted by atomic mass is 10.1. The number of anilines is 1. The predicted molar refractivity (Wildman–Crippen MR) is 98.0 cm³/mol. The first-order valence-corrected chi connectivity index (χ1v) is 8.90. The minimum atomic E-state index is -4.34. The minimum Gasteiger partial charge on any atom is -0.298 e. The average molecular weight is 391 g/mol. The zero-order valence-electron chi connectivity index (χ0n) is 14.6. The first-order chi connectivity index (χ1) is 12.7. The molecule has 140 valence electrons. The highest BCUT2D eigenvalue weighted by Crippen LogP contribution is 2.30. The number of amides is 1. The number of rotatable bonds is 4. The van der Waals surface area contributed by atoms with Gasteiger partial charge in [-0.15, -0.1) is 11.3 Å². The molecule has 0 bridgehead atoms. The molecule has 2 heterocycles. The Balaban J connectivity index is 1.67. The Morgan fingerprint density at radius 3 is 2.44 bits per heavy atom. The van der Waals surface area contributed by atoms with Gasteiger partial charge in [0.2, 0.25) is 0 Å².